The lowest BCUT2D eigenvalue weighted by Crippen LogP contribution is -2.21. The highest BCUT2D eigenvalue weighted by atomic mass is 16.6. The van der Waals surface area contributed by atoms with Gasteiger partial charge >= 0.3 is 5.69 Å². The van der Waals surface area contributed by atoms with Gasteiger partial charge in [-0.2, -0.15) is 5.10 Å². The first kappa shape index (κ1) is 11.4. The molecule has 0 aliphatic heterocycles. The van der Waals surface area contributed by atoms with Crippen LogP contribution in [-0.4, -0.2) is 22.6 Å². The third-order valence-corrected chi connectivity index (χ3v) is 2.70. The Labute approximate surface area is 99.6 Å². The summed E-state index contributed by atoms with van der Waals surface area (Å²) in [5, 5.41) is 15.1. The Bertz CT molecular complexity index is 551. The molecule has 1 heterocycles. The fraction of sp³-hybridized carbons (Fsp3) is 0.182. The normalized spacial score (nSPS) is 10.4. The van der Waals surface area contributed by atoms with Crippen molar-refractivity contribution in [3.8, 4) is 0 Å². The molecule has 0 fully saturated rings. The van der Waals surface area contributed by atoms with Crippen LogP contribution in [0.1, 0.15) is 11.3 Å². The first-order chi connectivity index (χ1) is 8.09. The fourth-order valence-electron chi connectivity index (χ4n) is 1.86. The molecule has 17 heavy (non-hydrogen) atoms. The molecule has 0 amide bonds. The molecule has 5 nitrogen and oxygen atoms in total. The molecule has 0 N–H and O–H groups in total. The largest absolute Gasteiger partial charge is 0.302 e. The molecule has 1 aromatic heterocycles. The molecule has 2 rings (SSSR count). The molecule has 0 aliphatic carbocycles. The molecule has 0 bridgehead atoms. The number of rotatable bonds is 3. The minimum Gasteiger partial charge on any atom is -0.268 e. The van der Waals surface area contributed by atoms with E-state index < -0.39 is 0 Å². The maximum Gasteiger partial charge on any atom is 0.302 e. The highest BCUT2D eigenvalue weighted by Gasteiger charge is 2.20. The Morgan fingerprint density at radius 2 is 2.06 bits per heavy atom. The van der Waals surface area contributed by atoms with Crippen molar-refractivity contribution in [1.82, 2.24) is 9.78 Å². The number of nitrogens with zero attached hydrogens (tertiary/aromatic N) is 3. The lowest BCUT2D eigenvalue weighted by Gasteiger charge is -2.03. The lowest BCUT2D eigenvalue weighted by molar-refractivity contribution is -0.384. The van der Waals surface area contributed by atoms with Crippen LogP contribution < -0.4 is 5.59 Å². The molecule has 86 valence electrons. The van der Waals surface area contributed by atoms with Crippen molar-refractivity contribution in [1.29, 1.82) is 0 Å². The summed E-state index contributed by atoms with van der Waals surface area (Å²) in [6.45, 7) is 2.22. The highest BCUT2D eigenvalue weighted by Crippen LogP contribution is 2.12. The van der Waals surface area contributed by atoms with Crippen LogP contribution in [0.25, 0.3) is 0 Å². The molecule has 6 heteroatoms. The van der Waals surface area contributed by atoms with E-state index in [1.54, 1.807) is 19.5 Å². The molecule has 0 spiro atoms. The summed E-state index contributed by atoms with van der Waals surface area (Å²) in [5.74, 6) is 0. The fourth-order valence-corrected chi connectivity index (χ4v) is 1.86. The number of benzene rings is 1. The average molecular weight is 229 g/mol. The van der Waals surface area contributed by atoms with Crippen molar-refractivity contribution in [3.63, 3.8) is 0 Å². The molecule has 0 saturated heterocycles. The minimum atomic E-state index is -0.376. The van der Waals surface area contributed by atoms with Crippen LogP contribution in [-0.2, 0) is 6.54 Å². The molecule has 0 saturated carbocycles. The van der Waals surface area contributed by atoms with E-state index >= 15 is 0 Å². The summed E-state index contributed by atoms with van der Waals surface area (Å²) >= 11 is 0. The topological polar surface area (TPSA) is 61.0 Å². The van der Waals surface area contributed by atoms with Crippen LogP contribution in [0.15, 0.2) is 30.3 Å². The first-order valence-corrected chi connectivity index (χ1v) is 5.32. The average Bonchev–Trinajstić information content (AvgIpc) is 2.55. The Morgan fingerprint density at radius 3 is 2.59 bits per heavy atom. The standard InChI is InChI=1S/C11H12BN3O2/c1-8-10(15(16)17)11(12)14(13-8)7-9-5-3-2-4-6-9/h2-6H,7,12H2,1H3. The van der Waals surface area contributed by atoms with Gasteiger partial charge in [0.2, 0.25) is 0 Å². The lowest BCUT2D eigenvalue weighted by atomic mass is 10.0. The second kappa shape index (κ2) is 4.41. The maximum absolute atomic E-state index is 10.9. The Kier molecular flexibility index (Phi) is 2.95. The Balaban J connectivity index is 2.35. The Morgan fingerprint density at radius 1 is 1.41 bits per heavy atom. The third kappa shape index (κ3) is 2.20. The number of nitro groups is 1. The van der Waals surface area contributed by atoms with Crippen LogP contribution in [0.4, 0.5) is 5.69 Å². The van der Waals surface area contributed by atoms with Gasteiger partial charge in [-0.15, -0.1) is 0 Å². The summed E-state index contributed by atoms with van der Waals surface area (Å²) in [4.78, 5) is 10.5. The van der Waals surface area contributed by atoms with Gasteiger partial charge in [0.05, 0.1) is 17.1 Å². The van der Waals surface area contributed by atoms with Crippen LogP contribution >= 0.6 is 0 Å². The smallest absolute Gasteiger partial charge is 0.268 e. The minimum absolute atomic E-state index is 0.112. The monoisotopic (exact) mass is 229 g/mol. The summed E-state index contributed by atoms with van der Waals surface area (Å²) in [6.07, 6.45) is 0. The zero-order chi connectivity index (χ0) is 12.4. The van der Waals surface area contributed by atoms with Gasteiger partial charge in [-0.3, -0.25) is 14.8 Å². The van der Waals surface area contributed by atoms with Gasteiger partial charge in [-0.25, -0.2) is 0 Å². The van der Waals surface area contributed by atoms with Crippen LogP contribution in [0.2, 0.25) is 0 Å². The van der Waals surface area contributed by atoms with E-state index in [9.17, 15) is 10.1 Å². The second-order valence-electron chi connectivity index (χ2n) is 3.92. The van der Waals surface area contributed by atoms with Gasteiger partial charge in [0, 0.05) is 0 Å². The highest BCUT2D eigenvalue weighted by molar-refractivity contribution is 6.33. The van der Waals surface area contributed by atoms with E-state index in [-0.39, 0.29) is 10.6 Å². The molecule has 0 radical (unpaired) electrons. The van der Waals surface area contributed by atoms with Gasteiger partial charge in [-0.05, 0) is 12.5 Å². The van der Waals surface area contributed by atoms with Crippen molar-refractivity contribution in [2.24, 2.45) is 0 Å². The number of hydrogen-bond acceptors (Lipinski definition) is 3. The van der Waals surface area contributed by atoms with Crippen molar-refractivity contribution in [3.05, 3.63) is 51.7 Å². The van der Waals surface area contributed by atoms with Gasteiger partial charge < -0.3 is 0 Å². The van der Waals surface area contributed by atoms with E-state index in [2.05, 4.69) is 5.10 Å². The van der Waals surface area contributed by atoms with Crippen LogP contribution in [0, 0.1) is 17.0 Å². The first-order valence-electron chi connectivity index (χ1n) is 5.32. The Hall–Kier alpha value is -2.11. The van der Waals surface area contributed by atoms with Crippen molar-refractivity contribution in [2.45, 2.75) is 13.5 Å². The summed E-state index contributed by atoms with van der Waals surface area (Å²) < 4.78 is 1.67. The summed E-state index contributed by atoms with van der Waals surface area (Å²) in [5.41, 5.74) is 2.24. The van der Waals surface area contributed by atoms with Gasteiger partial charge in [0.25, 0.3) is 0 Å². The summed E-state index contributed by atoms with van der Waals surface area (Å²) in [6, 6.07) is 9.77. The van der Waals surface area contributed by atoms with E-state index in [1.165, 1.54) is 0 Å². The number of aromatic nitrogens is 2. The number of aryl methyl sites for hydroxylation is 1. The van der Waals surface area contributed by atoms with Gasteiger partial charge in [0.15, 0.2) is 7.85 Å². The van der Waals surface area contributed by atoms with Gasteiger partial charge in [-0.1, -0.05) is 30.3 Å². The SMILES string of the molecule is Bc1c([N+](=O)[O-])c(C)nn1Cc1ccccc1. The van der Waals surface area contributed by atoms with E-state index in [0.29, 0.717) is 17.8 Å². The number of hydrogen-bond donors (Lipinski definition) is 0. The van der Waals surface area contributed by atoms with E-state index in [1.807, 2.05) is 30.3 Å². The van der Waals surface area contributed by atoms with Crippen LogP contribution in [0.3, 0.4) is 0 Å². The van der Waals surface area contributed by atoms with Crippen LogP contribution in [0.5, 0.6) is 0 Å². The quantitative estimate of drug-likeness (QED) is 0.435. The van der Waals surface area contributed by atoms with E-state index in [0.717, 1.165) is 5.56 Å². The molecule has 1 aromatic carbocycles. The third-order valence-electron chi connectivity index (χ3n) is 2.70. The van der Waals surface area contributed by atoms with Crippen molar-refractivity contribution < 1.29 is 4.92 Å². The summed E-state index contributed by atoms with van der Waals surface area (Å²) in [7, 11) is 1.72. The zero-order valence-electron chi connectivity index (χ0n) is 9.75. The molecular formula is C11H12BN3O2. The van der Waals surface area contributed by atoms with Crippen molar-refractivity contribution in [2.75, 3.05) is 0 Å². The molecule has 0 aliphatic rings. The maximum atomic E-state index is 10.9. The van der Waals surface area contributed by atoms with Gasteiger partial charge in [0.1, 0.15) is 5.69 Å². The predicted molar refractivity (Wildman–Crippen MR) is 67.3 cm³/mol. The molecule has 0 unspecified atom stereocenters. The molecule has 2 aromatic rings. The second-order valence-corrected chi connectivity index (χ2v) is 3.92. The van der Waals surface area contributed by atoms with Crippen molar-refractivity contribution >= 4 is 19.1 Å². The molecule has 0 atom stereocenters. The zero-order valence-corrected chi connectivity index (χ0v) is 9.75. The van der Waals surface area contributed by atoms with E-state index in [4.69, 9.17) is 0 Å². The predicted octanol–water partition coefficient (Wildman–Crippen LogP) is 0.406. The molecular weight excluding hydrogens is 217 g/mol.